The predicted molar refractivity (Wildman–Crippen MR) is 48.1 cm³/mol. The van der Waals surface area contributed by atoms with Crippen molar-refractivity contribution in [2.24, 2.45) is 0 Å². The van der Waals surface area contributed by atoms with E-state index in [9.17, 15) is 18.3 Å². The molecule has 0 saturated heterocycles. The summed E-state index contributed by atoms with van der Waals surface area (Å²) in [7, 11) is 0.815. The molecule has 0 fully saturated rings. The van der Waals surface area contributed by atoms with Gasteiger partial charge in [-0.05, 0) is 6.92 Å². The van der Waals surface area contributed by atoms with Crippen molar-refractivity contribution < 1.29 is 23.0 Å². The largest absolute Gasteiger partial charge is 0.448 e. The van der Waals surface area contributed by atoms with Crippen LogP contribution in [0.5, 0.6) is 0 Å². The van der Waals surface area contributed by atoms with Gasteiger partial charge in [-0.2, -0.15) is 13.2 Å². The number of ether oxygens (including phenoxy) is 1. The third-order valence-corrected chi connectivity index (χ3v) is 2.09. The van der Waals surface area contributed by atoms with Crippen LogP contribution in [0.25, 0.3) is 0 Å². The molecule has 15 heavy (non-hydrogen) atoms. The van der Waals surface area contributed by atoms with Gasteiger partial charge in [-0.3, -0.25) is 0 Å². The Morgan fingerprint density at radius 3 is 2.27 bits per heavy atom. The topological polar surface area (TPSA) is 29.5 Å². The first kappa shape index (κ1) is 12.0. The Hall–Kier alpha value is -1.07. The zero-order valence-electron chi connectivity index (χ0n) is 8.30. The average molecular weight is 220 g/mol. The molecule has 0 heterocycles. The monoisotopic (exact) mass is 220 g/mol. The van der Waals surface area contributed by atoms with Crippen molar-refractivity contribution in [3.8, 4) is 0 Å². The summed E-state index contributed by atoms with van der Waals surface area (Å²) in [5.41, 5.74) is 0.296. The van der Waals surface area contributed by atoms with Crippen LogP contribution in [-0.2, 0) is 10.5 Å². The Balaban J connectivity index is 3.23. The minimum absolute atomic E-state index is 0.322. The first-order valence-corrected chi connectivity index (χ1v) is 4.22. The van der Waals surface area contributed by atoms with E-state index in [2.05, 4.69) is 4.74 Å². The molecule has 0 radical (unpaired) electrons. The van der Waals surface area contributed by atoms with Gasteiger partial charge in [-0.25, -0.2) is 0 Å². The van der Waals surface area contributed by atoms with Gasteiger partial charge < -0.3 is 9.84 Å². The lowest BCUT2D eigenvalue weighted by Gasteiger charge is -2.29. The van der Waals surface area contributed by atoms with Crippen molar-refractivity contribution in [1.29, 1.82) is 0 Å². The quantitative estimate of drug-likeness (QED) is 0.775. The van der Waals surface area contributed by atoms with Crippen LogP contribution in [0.1, 0.15) is 11.1 Å². The summed E-state index contributed by atoms with van der Waals surface area (Å²) in [4.78, 5) is 0. The van der Waals surface area contributed by atoms with E-state index < -0.39 is 12.0 Å². The number of rotatable bonds is 2. The van der Waals surface area contributed by atoms with E-state index in [4.69, 9.17) is 0 Å². The Morgan fingerprint density at radius 2 is 1.87 bits per heavy atom. The molecule has 1 unspecified atom stereocenters. The number of benzene rings is 1. The molecule has 1 aromatic carbocycles. The van der Waals surface area contributed by atoms with E-state index in [0.29, 0.717) is 5.56 Å². The third-order valence-electron chi connectivity index (χ3n) is 2.09. The number of methoxy groups -OCH3 is 1. The standard InChI is InChI=1S/C10H11F3O2/c1-7-4-3-5-8(6-7)9(14,15-2)10(11,12)13/h3-6,14H,1-2H3. The summed E-state index contributed by atoms with van der Waals surface area (Å²) < 4.78 is 41.8. The van der Waals surface area contributed by atoms with Gasteiger partial charge in [0.1, 0.15) is 0 Å². The van der Waals surface area contributed by atoms with Crippen LogP contribution in [-0.4, -0.2) is 18.4 Å². The highest BCUT2D eigenvalue weighted by atomic mass is 19.4. The van der Waals surface area contributed by atoms with Gasteiger partial charge >= 0.3 is 6.18 Å². The van der Waals surface area contributed by atoms with Crippen molar-refractivity contribution in [1.82, 2.24) is 0 Å². The zero-order valence-corrected chi connectivity index (χ0v) is 8.30. The summed E-state index contributed by atoms with van der Waals surface area (Å²) in [6, 6.07) is 5.47. The average Bonchev–Trinajstić information content (AvgIpc) is 2.14. The number of alkyl halides is 3. The number of hydrogen-bond donors (Lipinski definition) is 1. The molecule has 1 N–H and O–H groups in total. The predicted octanol–water partition coefficient (Wildman–Crippen LogP) is 2.35. The summed E-state index contributed by atoms with van der Waals surface area (Å²) in [6.07, 6.45) is -4.87. The fourth-order valence-electron chi connectivity index (χ4n) is 1.25. The number of hydrogen-bond acceptors (Lipinski definition) is 2. The Bertz CT molecular complexity index is 349. The fraction of sp³-hybridized carbons (Fsp3) is 0.400. The minimum atomic E-state index is -4.87. The molecule has 5 heteroatoms. The van der Waals surface area contributed by atoms with Crippen LogP contribution in [0.3, 0.4) is 0 Å². The van der Waals surface area contributed by atoms with Crippen molar-refractivity contribution >= 4 is 0 Å². The molecule has 1 atom stereocenters. The Labute approximate surface area is 85.3 Å². The molecule has 84 valence electrons. The molecule has 0 bridgehead atoms. The number of aryl methyl sites for hydroxylation is 1. The molecule has 0 amide bonds. The normalized spacial score (nSPS) is 16.1. The van der Waals surface area contributed by atoms with E-state index in [1.165, 1.54) is 18.2 Å². The number of aliphatic hydroxyl groups is 1. The fourth-order valence-corrected chi connectivity index (χ4v) is 1.25. The summed E-state index contributed by atoms with van der Waals surface area (Å²) in [6.45, 7) is 1.63. The second kappa shape index (κ2) is 3.83. The van der Waals surface area contributed by atoms with Crippen LogP contribution >= 0.6 is 0 Å². The molecule has 0 aromatic heterocycles. The highest BCUT2D eigenvalue weighted by Gasteiger charge is 2.56. The van der Waals surface area contributed by atoms with Crippen molar-refractivity contribution in [2.75, 3.05) is 7.11 Å². The molecule has 0 spiro atoms. The molecule has 0 aliphatic heterocycles. The third kappa shape index (κ3) is 2.13. The lowest BCUT2D eigenvalue weighted by atomic mass is 10.0. The minimum Gasteiger partial charge on any atom is -0.355 e. The first-order chi connectivity index (χ1) is 6.81. The Kier molecular flexibility index (Phi) is 3.06. The Morgan fingerprint density at radius 1 is 1.27 bits per heavy atom. The van der Waals surface area contributed by atoms with Crippen LogP contribution in [0.4, 0.5) is 13.2 Å². The van der Waals surface area contributed by atoms with Gasteiger partial charge in [-0.15, -0.1) is 0 Å². The van der Waals surface area contributed by atoms with Crippen molar-refractivity contribution in [3.63, 3.8) is 0 Å². The second-order valence-electron chi connectivity index (χ2n) is 3.22. The maximum absolute atomic E-state index is 12.5. The van der Waals surface area contributed by atoms with E-state index in [0.717, 1.165) is 7.11 Å². The van der Waals surface area contributed by atoms with Gasteiger partial charge in [0.05, 0.1) is 0 Å². The SMILES string of the molecule is COC(O)(c1cccc(C)c1)C(F)(F)F. The van der Waals surface area contributed by atoms with Gasteiger partial charge in [0.25, 0.3) is 5.79 Å². The summed E-state index contributed by atoms with van der Waals surface area (Å²) >= 11 is 0. The summed E-state index contributed by atoms with van der Waals surface area (Å²) in [5, 5.41) is 9.41. The molecule has 1 rings (SSSR count). The molecular weight excluding hydrogens is 209 g/mol. The van der Waals surface area contributed by atoms with Crippen LogP contribution in [0.2, 0.25) is 0 Å². The van der Waals surface area contributed by atoms with Crippen LogP contribution in [0, 0.1) is 6.92 Å². The molecular formula is C10H11F3O2. The van der Waals surface area contributed by atoms with Crippen molar-refractivity contribution in [3.05, 3.63) is 35.4 Å². The second-order valence-corrected chi connectivity index (χ2v) is 3.22. The first-order valence-electron chi connectivity index (χ1n) is 4.22. The number of halogens is 3. The van der Waals surface area contributed by atoms with Crippen LogP contribution in [0.15, 0.2) is 24.3 Å². The molecule has 0 aliphatic rings. The summed E-state index contributed by atoms with van der Waals surface area (Å²) in [5.74, 6) is -3.24. The van der Waals surface area contributed by atoms with Crippen molar-refractivity contribution in [2.45, 2.75) is 18.9 Å². The van der Waals surface area contributed by atoms with Gasteiger partial charge in [0, 0.05) is 12.7 Å². The molecule has 1 aromatic rings. The molecule has 0 aliphatic carbocycles. The maximum Gasteiger partial charge on any atom is 0.448 e. The zero-order chi connectivity index (χ0) is 11.7. The van der Waals surface area contributed by atoms with Gasteiger partial charge in [-0.1, -0.05) is 29.8 Å². The molecule has 2 nitrogen and oxygen atoms in total. The maximum atomic E-state index is 12.5. The lowest BCUT2D eigenvalue weighted by Crippen LogP contribution is -2.43. The smallest absolute Gasteiger partial charge is 0.355 e. The highest BCUT2D eigenvalue weighted by Crippen LogP contribution is 2.39. The van der Waals surface area contributed by atoms with Crippen LogP contribution < -0.4 is 0 Å². The van der Waals surface area contributed by atoms with E-state index in [1.807, 2.05) is 0 Å². The van der Waals surface area contributed by atoms with E-state index in [1.54, 1.807) is 13.0 Å². The van der Waals surface area contributed by atoms with Gasteiger partial charge in [0.2, 0.25) is 0 Å². The molecule has 0 saturated carbocycles. The van der Waals surface area contributed by atoms with Gasteiger partial charge in [0.15, 0.2) is 0 Å². The highest BCUT2D eigenvalue weighted by molar-refractivity contribution is 5.27. The lowest BCUT2D eigenvalue weighted by molar-refractivity contribution is -0.367. The van der Waals surface area contributed by atoms with E-state index >= 15 is 0 Å². The van der Waals surface area contributed by atoms with E-state index in [-0.39, 0.29) is 5.56 Å².